The van der Waals surface area contributed by atoms with E-state index in [1.54, 1.807) is 0 Å². The molecule has 29 heavy (non-hydrogen) atoms. The first kappa shape index (κ1) is 25.8. The number of rotatable bonds is 12. The van der Waals surface area contributed by atoms with Crippen LogP contribution in [0.15, 0.2) is 0 Å². The predicted molar refractivity (Wildman–Crippen MR) is 118 cm³/mol. The molecule has 0 heterocycles. The number of unbranched alkanes of at least 4 members (excludes halogenated alkanes) is 2. The van der Waals surface area contributed by atoms with E-state index in [0.29, 0.717) is 18.9 Å². The molecule has 5 heteroatoms. The molecular formula is C24H45NO4. The molecule has 1 aliphatic rings. The van der Waals surface area contributed by atoms with Crippen molar-refractivity contribution in [2.45, 2.75) is 98.4 Å². The van der Waals surface area contributed by atoms with Gasteiger partial charge in [0.25, 0.3) is 0 Å². The fourth-order valence-corrected chi connectivity index (χ4v) is 4.40. The van der Waals surface area contributed by atoms with Gasteiger partial charge in [0.15, 0.2) is 0 Å². The van der Waals surface area contributed by atoms with Crippen LogP contribution in [0.25, 0.3) is 0 Å². The second kappa shape index (κ2) is 13.9. The van der Waals surface area contributed by atoms with Crippen LogP contribution >= 0.6 is 0 Å². The summed E-state index contributed by atoms with van der Waals surface area (Å²) in [5.74, 6) is 0.616. The first-order valence-corrected chi connectivity index (χ1v) is 11.8. The van der Waals surface area contributed by atoms with Crippen molar-refractivity contribution in [2.75, 3.05) is 20.3 Å². The van der Waals surface area contributed by atoms with Crippen molar-refractivity contribution in [1.82, 2.24) is 4.90 Å². The largest absolute Gasteiger partial charge is 0.465 e. The summed E-state index contributed by atoms with van der Waals surface area (Å²) in [7, 11) is 1.45. The van der Waals surface area contributed by atoms with Gasteiger partial charge in [-0.15, -0.1) is 0 Å². The standard InChI is InChI=1S/C24H45NO4/c1-7-8-12-15-29-23(26)21(18(2)3)16-22(19(4)5)25(24(27)28-6)17-20-13-10-9-11-14-20/h18-22H,7-17H2,1-6H3. The van der Waals surface area contributed by atoms with Crippen LogP contribution < -0.4 is 0 Å². The molecule has 0 aromatic carbocycles. The molecule has 0 aliphatic heterocycles. The van der Waals surface area contributed by atoms with E-state index in [1.165, 1.54) is 39.2 Å². The molecule has 170 valence electrons. The summed E-state index contributed by atoms with van der Waals surface area (Å²) >= 11 is 0. The number of hydrogen-bond donors (Lipinski definition) is 0. The fraction of sp³-hybridized carbons (Fsp3) is 0.917. The third kappa shape index (κ3) is 8.96. The normalized spacial score (nSPS) is 17.2. The molecule has 0 aromatic heterocycles. The summed E-state index contributed by atoms with van der Waals surface area (Å²) in [5, 5.41) is 0. The van der Waals surface area contributed by atoms with Gasteiger partial charge >= 0.3 is 12.1 Å². The Morgan fingerprint density at radius 1 is 1.00 bits per heavy atom. The average Bonchev–Trinajstić information content (AvgIpc) is 2.70. The Morgan fingerprint density at radius 3 is 2.17 bits per heavy atom. The molecule has 0 radical (unpaired) electrons. The van der Waals surface area contributed by atoms with Gasteiger partial charge in [-0.2, -0.15) is 0 Å². The lowest BCUT2D eigenvalue weighted by molar-refractivity contribution is -0.151. The van der Waals surface area contributed by atoms with Gasteiger partial charge in [-0.25, -0.2) is 4.79 Å². The van der Waals surface area contributed by atoms with Gasteiger partial charge in [-0.05, 0) is 43.4 Å². The smallest absolute Gasteiger partial charge is 0.409 e. The number of ether oxygens (including phenoxy) is 2. The monoisotopic (exact) mass is 411 g/mol. The molecule has 1 amide bonds. The second-order valence-electron chi connectivity index (χ2n) is 9.40. The van der Waals surface area contributed by atoms with Gasteiger partial charge in [-0.3, -0.25) is 4.79 Å². The molecule has 1 saturated carbocycles. The first-order chi connectivity index (χ1) is 13.8. The van der Waals surface area contributed by atoms with Crippen LogP contribution in [-0.4, -0.2) is 43.3 Å². The van der Waals surface area contributed by atoms with Crippen molar-refractivity contribution in [3.05, 3.63) is 0 Å². The van der Waals surface area contributed by atoms with Crippen LogP contribution in [-0.2, 0) is 14.3 Å². The molecule has 2 unspecified atom stereocenters. The van der Waals surface area contributed by atoms with E-state index in [9.17, 15) is 9.59 Å². The maximum Gasteiger partial charge on any atom is 0.409 e. The number of nitrogens with zero attached hydrogens (tertiary/aromatic N) is 1. The molecule has 0 aromatic rings. The van der Waals surface area contributed by atoms with Crippen LogP contribution in [0.5, 0.6) is 0 Å². The van der Waals surface area contributed by atoms with E-state index in [0.717, 1.165) is 25.8 Å². The Balaban J connectivity index is 2.89. The topological polar surface area (TPSA) is 55.8 Å². The number of hydrogen-bond acceptors (Lipinski definition) is 4. The number of esters is 1. The van der Waals surface area contributed by atoms with Crippen LogP contribution in [0.4, 0.5) is 4.79 Å². The summed E-state index contributed by atoms with van der Waals surface area (Å²) in [6.07, 6.45) is 9.57. The maximum atomic E-state index is 12.8. The Labute approximate surface area is 178 Å². The lowest BCUT2D eigenvalue weighted by Crippen LogP contribution is -2.48. The van der Waals surface area contributed by atoms with Crippen molar-refractivity contribution in [1.29, 1.82) is 0 Å². The Hall–Kier alpha value is -1.26. The lowest BCUT2D eigenvalue weighted by Gasteiger charge is -2.38. The van der Waals surface area contributed by atoms with E-state index in [-0.39, 0.29) is 35.9 Å². The summed E-state index contributed by atoms with van der Waals surface area (Å²) in [6.45, 7) is 11.8. The minimum absolute atomic E-state index is 0.0278. The zero-order valence-corrected chi connectivity index (χ0v) is 19.7. The van der Waals surface area contributed by atoms with E-state index >= 15 is 0 Å². The van der Waals surface area contributed by atoms with Crippen molar-refractivity contribution < 1.29 is 19.1 Å². The van der Waals surface area contributed by atoms with Crippen molar-refractivity contribution in [3.8, 4) is 0 Å². The van der Waals surface area contributed by atoms with E-state index in [1.807, 2.05) is 4.90 Å². The molecular weight excluding hydrogens is 366 g/mol. The van der Waals surface area contributed by atoms with Crippen LogP contribution in [0.3, 0.4) is 0 Å². The summed E-state index contributed by atoms with van der Waals surface area (Å²) in [5.41, 5.74) is 0. The van der Waals surface area contributed by atoms with E-state index < -0.39 is 0 Å². The number of methoxy groups -OCH3 is 1. The fourth-order valence-electron chi connectivity index (χ4n) is 4.40. The van der Waals surface area contributed by atoms with Crippen molar-refractivity contribution >= 4 is 12.1 Å². The molecule has 0 bridgehead atoms. The molecule has 0 N–H and O–H groups in total. The molecule has 1 fully saturated rings. The van der Waals surface area contributed by atoms with Gasteiger partial charge in [0.2, 0.25) is 0 Å². The zero-order chi connectivity index (χ0) is 21.8. The van der Waals surface area contributed by atoms with Crippen LogP contribution in [0, 0.1) is 23.7 Å². The number of carbonyl (C=O) groups excluding carboxylic acids is 2. The van der Waals surface area contributed by atoms with Crippen LogP contribution in [0.2, 0.25) is 0 Å². The molecule has 1 aliphatic carbocycles. The Morgan fingerprint density at radius 2 is 1.66 bits per heavy atom. The molecule has 2 atom stereocenters. The molecule has 5 nitrogen and oxygen atoms in total. The first-order valence-electron chi connectivity index (χ1n) is 11.8. The summed E-state index contributed by atoms with van der Waals surface area (Å²) in [4.78, 5) is 27.4. The summed E-state index contributed by atoms with van der Waals surface area (Å²) in [6, 6.07) is -0.0278. The Kier molecular flexibility index (Phi) is 12.3. The maximum absolute atomic E-state index is 12.8. The highest BCUT2D eigenvalue weighted by Gasteiger charge is 2.35. The van der Waals surface area contributed by atoms with Gasteiger partial charge in [0, 0.05) is 12.6 Å². The number of amides is 1. The average molecular weight is 412 g/mol. The highest BCUT2D eigenvalue weighted by Crippen LogP contribution is 2.30. The predicted octanol–water partition coefficient (Wildman–Crippen LogP) is 6.06. The summed E-state index contributed by atoms with van der Waals surface area (Å²) < 4.78 is 10.7. The van der Waals surface area contributed by atoms with Gasteiger partial charge < -0.3 is 14.4 Å². The minimum Gasteiger partial charge on any atom is -0.465 e. The van der Waals surface area contributed by atoms with Gasteiger partial charge in [0.05, 0.1) is 19.6 Å². The third-order valence-corrected chi connectivity index (χ3v) is 6.35. The van der Waals surface area contributed by atoms with E-state index in [4.69, 9.17) is 9.47 Å². The van der Waals surface area contributed by atoms with Gasteiger partial charge in [-0.1, -0.05) is 66.7 Å². The van der Waals surface area contributed by atoms with Crippen molar-refractivity contribution in [2.24, 2.45) is 23.7 Å². The molecule has 0 saturated heterocycles. The SMILES string of the molecule is CCCCCOC(=O)C(CC(C(C)C)N(CC1CCCCC1)C(=O)OC)C(C)C. The molecule has 0 spiro atoms. The Bertz CT molecular complexity index is 472. The third-order valence-electron chi connectivity index (χ3n) is 6.35. The van der Waals surface area contributed by atoms with Crippen molar-refractivity contribution in [3.63, 3.8) is 0 Å². The van der Waals surface area contributed by atoms with Crippen LogP contribution in [0.1, 0.15) is 92.4 Å². The van der Waals surface area contributed by atoms with E-state index in [2.05, 4.69) is 34.6 Å². The van der Waals surface area contributed by atoms with Gasteiger partial charge in [0.1, 0.15) is 0 Å². The lowest BCUT2D eigenvalue weighted by atomic mass is 9.83. The second-order valence-corrected chi connectivity index (χ2v) is 9.40. The highest BCUT2D eigenvalue weighted by atomic mass is 16.5. The molecule has 1 rings (SSSR count). The number of carbonyl (C=O) groups is 2. The highest BCUT2D eigenvalue weighted by molar-refractivity contribution is 5.73. The zero-order valence-electron chi connectivity index (χ0n) is 19.7. The minimum atomic E-state index is -0.270. The quantitative estimate of drug-likeness (QED) is 0.289.